The SMILES string of the molecule is O=C(Cc1ccccc1)NCC[NH+]1CCCCC1. The summed E-state index contributed by atoms with van der Waals surface area (Å²) < 4.78 is 0. The van der Waals surface area contributed by atoms with Gasteiger partial charge >= 0.3 is 0 Å². The standard InChI is InChI=1S/C15H22N2O/c18-15(13-14-7-3-1-4-8-14)16-9-12-17-10-5-2-6-11-17/h1,3-4,7-8H,2,5-6,9-13H2,(H,16,18)/p+1. The fourth-order valence-electron chi connectivity index (χ4n) is 2.52. The zero-order valence-corrected chi connectivity index (χ0v) is 11.0. The van der Waals surface area contributed by atoms with Gasteiger partial charge in [-0.3, -0.25) is 4.79 Å². The van der Waals surface area contributed by atoms with Crippen LogP contribution in [0.2, 0.25) is 0 Å². The minimum Gasteiger partial charge on any atom is -0.350 e. The van der Waals surface area contributed by atoms with Gasteiger partial charge in [0.05, 0.1) is 32.6 Å². The fraction of sp³-hybridized carbons (Fsp3) is 0.533. The van der Waals surface area contributed by atoms with E-state index >= 15 is 0 Å². The Balaban J connectivity index is 1.62. The minimum absolute atomic E-state index is 0.137. The molecule has 0 aliphatic carbocycles. The van der Waals surface area contributed by atoms with Gasteiger partial charge in [0, 0.05) is 0 Å². The lowest BCUT2D eigenvalue weighted by Crippen LogP contribution is -3.13. The highest BCUT2D eigenvalue weighted by molar-refractivity contribution is 5.78. The second-order valence-corrected chi connectivity index (χ2v) is 5.07. The van der Waals surface area contributed by atoms with Gasteiger partial charge in [-0.15, -0.1) is 0 Å². The Morgan fingerprint density at radius 1 is 1.11 bits per heavy atom. The second kappa shape index (κ2) is 7.17. The molecule has 1 saturated heterocycles. The van der Waals surface area contributed by atoms with Crippen molar-refractivity contribution < 1.29 is 9.69 Å². The third-order valence-corrected chi connectivity index (χ3v) is 3.57. The Kier molecular flexibility index (Phi) is 5.21. The van der Waals surface area contributed by atoms with Gasteiger partial charge in [-0.05, 0) is 24.8 Å². The van der Waals surface area contributed by atoms with Crippen molar-refractivity contribution in [3.8, 4) is 0 Å². The molecule has 98 valence electrons. The monoisotopic (exact) mass is 247 g/mol. The number of piperidine rings is 1. The van der Waals surface area contributed by atoms with Crippen LogP contribution in [-0.4, -0.2) is 32.1 Å². The first-order chi connectivity index (χ1) is 8.84. The van der Waals surface area contributed by atoms with Crippen LogP contribution in [0.1, 0.15) is 24.8 Å². The van der Waals surface area contributed by atoms with Crippen LogP contribution in [0.3, 0.4) is 0 Å². The average molecular weight is 247 g/mol. The highest BCUT2D eigenvalue weighted by Crippen LogP contribution is 1.98. The van der Waals surface area contributed by atoms with Crippen molar-refractivity contribution in [3.63, 3.8) is 0 Å². The summed E-state index contributed by atoms with van der Waals surface area (Å²) in [6, 6.07) is 9.91. The van der Waals surface area contributed by atoms with Gasteiger partial charge in [-0.2, -0.15) is 0 Å². The zero-order valence-electron chi connectivity index (χ0n) is 11.0. The number of hydrogen-bond acceptors (Lipinski definition) is 1. The maximum atomic E-state index is 11.7. The molecular formula is C15H23N2O+. The molecule has 0 atom stereocenters. The normalized spacial score (nSPS) is 16.4. The van der Waals surface area contributed by atoms with Crippen LogP contribution < -0.4 is 10.2 Å². The summed E-state index contributed by atoms with van der Waals surface area (Å²) >= 11 is 0. The number of amides is 1. The van der Waals surface area contributed by atoms with E-state index in [1.54, 1.807) is 4.90 Å². The molecule has 0 spiro atoms. The van der Waals surface area contributed by atoms with Gasteiger partial charge in [0.25, 0.3) is 0 Å². The summed E-state index contributed by atoms with van der Waals surface area (Å²) in [5.74, 6) is 0.137. The third-order valence-electron chi connectivity index (χ3n) is 3.57. The highest BCUT2D eigenvalue weighted by atomic mass is 16.1. The van der Waals surface area contributed by atoms with Crippen LogP contribution in [-0.2, 0) is 11.2 Å². The Morgan fingerprint density at radius 3 is 2.56 bits per heavy atom. The van der Waals surface area contributed by atoms with E-state index in [1.807, 2.05) is 30.3 Å². The molecule has 18 heavy (non-hydrogen) atoms. The molecule has 1 aliphatic rings. The van der Waals surface area contributed by atoms with Crippen molar-refractivity contribution in [1.82, 2.24) is 5.32 Å². The van der Waals surface area contributed by atoms with E-state index in [-0.39, 0.29) is 5.91 Å². The van der Waals surface area contributed by atoms with Crippen LogP contribution in [0.25, 0.3) is 0 Å². The van der Waals surface area contributed by atoms with E-state index in [0.717, 1.165) is 18.7 Å². The molecule has 1 aromatic carbocycles. The topological polar surface area (TPSA) is 33.5 Å². The molecule has 1 fully saturated rings. The molecule has 3 nitrogen and oxygen atoms in total. The Labute approximate surface area is 109 Å². The molecule has 0 unspecified atom stereocenters. The van der Waals surface area contributed by atoms with E-state index in [1.165, 1.54) is 32.4 Å². The predicted octanol–water partition coefficient (Wildman–Crippen LogP) is 0.414. The molecule has 1 amide bonds. The summed E-state index contributed by atoms with van der Waals surface area (Å²) in [6.07, 6.45) is 4.56. The maximum Gasteiger partial charge on any atom is 0.224 e. The van der Waals surface area contributed by atoms with Crippen LogP contribution in [0.5, 0.6) is 0 Å². The number of hydrogen-bond donors (Lipinski definition) is 2. The second-order valence-electron chi connectivity index (χ2n) is 5.07. The van der Waals surface area contributed by atoms with Gasteiger partial charge in [-0.1, -0.05) is 30.3 Å². The molecule has 2 N–H and O–H groups in total. The van der Waals surface area contributed by atoms with Crippen LogP contribution in [0.15, 0.2) is 30.3 Å². The van der Waals surface area contributed by atoms with E-state index in [2.05, 4.69) is 5.32 Å². The lowest BCUT2D eigenvalue weighted by molar-refractivity contribution is -0.903. The summed E-state index contributed by atoms with van der Waals surface area (Å²) in [5, 5.41) is 3.02. The number of rotatable bonds is 5. The summed E-state index contributed by atoms with van der Waals surface area (Å²) in [4.78, 5) is 13.4. The lowest BCUT2D eigenvalue weighted by atomic mass is 10.1. The van der Waals surface area contributed by atoms with Crippen LogP contribution in [0.4, 0.5) is 0 Å². The maximum absolute atomic E-state index is 11.7. The molecular weight excluding hydrogens is 224 g/mol. The molecule has 0 saturated carbocycles. The molecule has 1 heterocycles. The first-order valence-electron chi connectivity index (χ1n) is 6.99. The number of benzene rings is 1. The lowest BCUT2D eigenvalue weighted by Gasteiger charge is -2.23. The van der Waals surface area contributed by atoms with E-state index < -0.39 is 0 Å². The first kappa shape index (κ1) is 13.1. The summed E-state index contributed by atoms with van der Waals surface area (Å²) in [7, 11) is 0. The smallest absolute Gasteiger partial charge is 0.224 e. The van der Waals surface area contributed by atoms with Gasteiger partial charge in [-0.25, -0.2) is 0 Å². The van der Waals surface area contributed by atoms with Crippen LogP contribution in [0, 0.1) is 0 Å². The molecule has 1 aliphatic heterocycles. The Hall–Kier alpha value is -1.35. The molecule has 0 bridgehead atoms. The molecule has 1 aromatic rings. The van der Waals surface area contributed by atoms with Crippen molar-refractivity contribution in [2.24, 2.45) is 0 Å². The number of carbonyl (C=O) groups is 1. The first-order valence-corrected chi connectivity index (χ1v) is 6.99. The molecule has 3 heteroatoms. The average Bonchev–Trinajstić information content (AvgIpc) is 2.41. The van der Waals surface area contributed by atoms with Crippen molar-refractivity contribution in [1.29, 1.82) is 0 Å². The molecule has 0 radical (unpaired) electrons. The van der Waals surface area contributed by atoms with E-state index in [4.69, 9.17) is 0 Å². The number of likely N-dealkylation sites (tertiary alicyclic amines) is 1. The van der Waals surface area contributed by atoms with Crippen molar-refractivity contribution >= 4 is 5.91 Å². The van der Waals surface area contributed by atoms with Crippen molar-refractivity contribution in [3.05, 3.63) is 35.9 Å². The predicted molar refractivity (Wildman–Crippen MR) is 72.6 cm³/mol. The zero-order chi connectivity index (χ0) is 12.6. The number of quaternary nitrogens is 1. The molecule has 0 aromatic heterocycles. The largest absolute Gasteiger partial charge is 0.350 e. The summed E-state index contributed by atoms with van der Waals surface area (Å²) in [6.45, 7) is 4.42. The van der Waals surface area contributed by atoms with Crippen molar-refractivity contribution in [2.75, 3.05) is 26.2 Å². The van der Waals surface area contributed by atoms with Gasteiger partial charge in [0.1, 0.15) is 0 Å². The van der Waals surface area contributed by atoms with Crippen molar-refractivity contribution in [2.45, 2.75) is 25.7 Å². The van der Waals surface area contributed by atoms with Gasteiger partial charge in [0.15, 0.2) is 0 Å². The van der Waals surface area contributed by atoms with Crippen LogP contribution >= 0.6 is 0 Å². The number of nitrogens with one attached hydrogen (secondary N) is 2. The minimum atomic E-state index is 0.137. The Morgan fingerprint density at radius 2 is 1.83 bits per heavy atom. The van der Waals surface area contributed by atoms with Gasteiger partial charge < -0.3 is 10.2 Å². The highest BCUT2D eigenvalue weighted by Gasteiger charge is 2.13. The van der Waals surface area contributed by atoms with Gasteiger partial charge in [0.2, 0.25) is 5.91 Å². The summed E-state index contributed by atoms with van der Waals surface area (Å²) in [5.41, 5.74) is 1.08. The third kappa shape index (κ3) is 4.49. The number of carbonyl (C=O) groups excluding carboxylic acids is 1. The molecule has 2 rings (SSSR count). The van der Waals surface area contributed by atoms with E-state index in [0.29, 0.717) is 6.42 Å². The fourth-order valence-corrected chi connectivity index (χ4v) is 2.52. The Bertz CT molecular complexity index is 358. The quantitative estimate of drug-likeness (QED) is 0.776. The van der Waals surface area contributed by atoms with E-state index in [9.17, 15) is 4.79 Å².